The SMILES string of the molecule is CCn1c(SCC(=O)Nc2ccnn2C(C)C2CC2)nc2ccccc21. The van der Waals surface area contributed by atoms with Crippen LogP contribution in [0.2, 0.25) is 0 Å². The van der Waals surface area contributed by atoms with Gasteiger partial charge in [0.05, 0.1) is 29.0 Å². The number of hydrogen-bond acceptors (Lipinski definition) is 4. The maximum atomic E-state index is 12.4. The van der Waals surface area contributed by atoms with Gasteiger partial charge in [-0.2, -0.15) is 5.10 Å². The van der Waals surface area contributed by atoms with E-state index in [2.05, 4.69) is 39.9 Å². The average molecular weight is 369 g/mol. The maximum Gasteiger partial charge on any atom is 0.235 e. The van der Waals surface area contributed by atoms with Crippen molar-refractivity contribution in [1.82, 2.24) is 19.3 Å². The highest BCUT2D eigenvalue weighted by molar-refractivity contribution is 7.99. The fourth-order valence-corrected chi connectivity index (χ4v) is 4.17. The first kappa shape index (κ1) is 17.1. The molecule has 0 bridgehead atoms. The topological polar surface area (TPSA) is 64.7 Å². The molecule has 1 unspecified atom stereocenters. The summed E-state index contributed by atoms with van der Waals surface area (Å²) in [6, 6.07) is 10.3. The van der Waals surface area contributed by atoms with Gasteiger partial charge in [-0.3, -0.25) is 4.79 Å². The zero-order valence-corrected chi connectivity index (χ0v) is 15.9. The van der Waals surface area contributed by atoms with Crippen LogP contribution >= 0.6 is 11.8 Å². The third kappa shape index (κ3) is 3.35. The lowest BCUT2D eigenvalue weighted by molar-refractivity contribution is -0.113. The molecule has 0 spiro atoms. The number of nitrogens with one attached hydrogen (secondary N) is 1. The van der Waals surface area contributed by atoms with Crippen molar-refractivity contribution in [3.05, 3.63) is 36.5 Å². The van der Waals surface area contributed by atoms with Gasteiger partial charge in [0.1, 0.15) is 5.82 Å². The second-order valence-corrected chi connectivity index (χ2v) is 7.65. The molecule has 7 heteroatoms. The van der Waals surface area contributed by atoms with Crippen LogP contribution in [-0.2, 0) is 11.3 Å². The van der Waals surface area contributed by atoms with Gasteiger partial charge < -0.3 is 9.88 Å². The molecule has 1 fully saturated rings. The van der Waals surface area contributed by atoms with Crippen LogP contribution in [0, 0.1) is 5.92 Å². The van der Waals surface area contributed by atoms with Gasteiger partial charge in [0, 0.05) is 12.6 Å². The van der Waals surface area contributed by atoms with Crippen LogP contribution in [0.15, 0.2) is 41.7 Å². The molecule has 0 radical (unpaired) electrons. The highest BCUT2D eigenvalue weighted by Gasteiger charge is 2.30. The summed E-state index contributed by atoms with van der Waals surface area (Å²) in [4.78, 5) is 17.1. The van der Waals surface area contributed by atoms with Crippen LogP contribution in [0.4, 0.5) is 5.82 Å². The fourth-order valence-electron chi connectivity index (χ4n) is 3.29. The number of carbonyl (C=O) groups is 1. The number of fused-ring (bicyclic) bond motifs is 1. The first-order chi connectivity index (χ1) is 12.7. The van der Waals surface area contributed by atoms with Crippen molar-refractivity contribution >= 4 is 34.5 Å². The summed E-state index contributed by atoms with van der Waals surface area (Å²) in [5.41, 5.74) is 2.07. The second kappa shape index (κ2) is 7.15. The Kier molecular flexibility index (Phi) is 4.72. The van der Waals surface area contributed by atoms with Crippen molar-refractivity contribution in [3.8, 4) is 0 Å². The number of para-hydroxylation sites is 2. The Balaban J connectivity index is 1.43. The first-order valence-corrected chi connectivity index (χ1v) is 10.1. The van der Waals surface area contributed by atoms with Gasteiger partial charge >= 0.3 is 0 Å². The third-order valence-electron chi connectivity index (χ3n) is 4.90. The summed E-state index contributed by atoms with van der Waals surface area (Å²) < 4.78 is 4.08. The lowest BCUT2D eigenvalue weighted by Gasteiger charge is -2.15. The maximum absolute atomic E-state index is 12.4. The van der Waals surface area contributed by atoms with E-state index in [1.165, 1.54) is 24.6 Å². The lowest BCUT2D eigenvalue weighted by Crippen LogP contribution is -2.20. The fraction of sp³-hybridized carbons (Fsp3) is 0.421. The number of benzene rings is 1. The quantitative estimate of drug-likeness (QED) is 0.640. The minimum absolute atomic E-state index is 0.0329. The molecule has 1 aliphatic rings. The Hall–Kier alpha value is -2.28. The molecular formula is C19H23N5OS. The molecule has 1 aliphatic carbocycles. The molecule has 2 aromatic heterocycles. The number of anilines is 1. The molecule has 1 aromatic carbocycles. The Morgan fingerprint density at radius 3 is 2.92 bits per heavy atom. The number of amides is 1. The number of aromatic nitrogens is 4. The summed E-state index contributed by atoms with van der Waals surface area (Å²) in [7, 11) is 0. The number of imidazole rings is 1. The van der Waals surface area contributed by atoms with Gasteiger partial charge in [-0.05, 0) is 44.7 Å². The highest BCUT2D eigenvalue weighted by atomic mass is 32.2. The van der Waals surface area contributed by atoms with E-state index in [1.807, 2.05) is 28.9 Å². The van der Waals surface area contributed by atoms with Crippen LogP contribution in [0.25, 0.3) is 11.0 Å². The predicted octanol–water partition coefficient (Wildman–Crippen LogP) is 3.95. The van der Waals surface area contributed by atoms with Crippen molar-refractivity contribution in [2.75, 3.05) is 11.1 Å². The molecule has 1 N–H and O–H groups in total. The highest BCUT2D eigenvalue weighted by Crippen LogP contribution is 2.40. The standard InChI is InChI=1S/C19H23N5OS/c1-3-23-16-7-5-4-6-15(16)21-19(23)26-12-18(25)22-17-10-11-20-24(17)13(2)14-8-9-14/h4-7,10-11,13-14H,3,8-9,12H2,1-2H3,(H,22,25). The summed E-state index contributed by atoms with van der Waals surface area (Å²) in [6.45, 7) is 5.09. The van der Waals surface area contributed by atoms with Crippen molar-refractivity contribution in [3.63, 3.8) is 0 Å². The Morgan fingerprint density at radius 2 is 2.15 bits per heavy atom. The van der Waals surface area contributed by atoms with Crippen LogP contribution in [0.3, 0.4) is 0 Å². The lowest BCUT2D eigenvalue weighted by atomic mass is 10.2. The van der Waals surface area contributed by atoms with E-state index in [1.54, 1.807) is 6.20 Å². The zero-order valence-electron chi connectivity index (χ0n) is 15.1. The molecule has 4 rings (SSSR count). The molecule has 1 amide bonds. The normalized spacial score (nSPS) is 15.3. The molecule has 136 valence electrons. The smallest absolute Gasteiger partial charge is 0.235 e. The Bertz CT molecular complexity index is 927. The number of aryl methyl sites for hydroxylation is 1. The van der Waals surface area contributed by atoms with Crippen molar-refractivity contribution < 1.29 is 4.79 Å². The average Bonchev–Trinajstić information content (AvgIpc) is 3.29. The van der Waals surface area contributed by atoms with E-state index in [-0.39, 0.29) is 5.91 Å². The van der Waals surface area contributed by atoms with Crippen LogP contribution < -0.4 is 5.32 Å². The molecule has 6 nitrogen and oxygen atoms in total. The minimum Gasteiger partial charge on any atom is -0.319 e. The van der Waals surface area contributed by atoms with Crippen LogP contribution in [-0.4, -0.2) is 31.0 Å². The Morgan fingerprint density at radius 1 is 1.35 bits per heavy atom. The summed E-state index contributed by atoms with van der Waals surface area (Å²) in [5, 5.41) is 8.26. The van der Waals surface area contributed by atoms with Crippen LogP contribution in [0.1, 0.15) is 32.7 Å². The molecule has 26 heavy (non-hydrogen) atoms. The molecular weight excluding hydrogens is 346 g/mol. The van der Waals surface area contributed by atoms with E-state index >= 15 is 0 Å². The van der Waals surface area contributed by atoms with Gasteiger partial charge in [0.15, 0.2) is 5.16 Å². The third-order valence-corrected chi connectivity index (χ3v) is 5.87. The largest absolute Gasteiger partial charge is 0.319 e. The Labute approximate surface area is 157 Å². The molecule has 0 aliphatic heterocycles. The zero-order chi connectivity index (χ0) is 18.1. The van der Waals surface area contributed by atoms with Gasteiger partial charge in [-0.1, -0.05) is 23.9 Å². The van der Waals surface area contributed by atoms with E-state index in [0.717, 1.165) is 28.6 Å². The number of rotatable bonds is 7. The molecule has 3 aromatic rings. The van der Waals surface area contributed by atoms with E-state index in [4.69, 9.17) is 0 Å². The summed E-state index contributed by atoms with van der Waals surface area (Å²) >= 11 is 1.47. The van der Waals surface area contributed by atoms with Crippen LogP contribution in [0.5, 0.6) is 0 Å². The summed E-state index contributed by atoms with van der Waals surface area (Å²) in [5.74, 6) is 1.75. The monoisotopic (exact) mass is 369 g/mol. The number of carbonyl (C=O) groups excluding carboxylic acids is 1. The molecule has 1 atom stereocenters. The van der Waals surface area contributed by atoms with Gasteiger partial charge in [-0.25, -0.2) is 9.67 Å². The number of hydrogen-bond donors (Lipinski definition) is 1. The molecule has 0 saturated heterocycles. The molecule has 2 heterocycles. The number of nitrogens with zero attached hydrogens (tertiary/aromatic N) is 4. The van der Waals surface area contributed by atoms with Crippen molar-refractivity contribution in [1.29, 1.82) is 0 Å². The minimum atomic E-state index is -0.0329. The number of thioether (sulfide) groups is 1. The van der Waals surface area contributed by atoms with Crippen molar-refractivity contribution in [2.45, 2.75) is 44.4 Å². The summed E-state index contributed by atoms with van der Waals surface area (Å²) in [6.07, 6.45) is 4.24. The first-order valence-electron chi connectivity index (χ1n) is 9.08. The molecule has 1 saturated carbocycles. The van der Waals surface area contributed by atoms with E-state index < -0.39 is 0 Å². The van der Waals surface area contributed by atoms with E-state index in [0.29, 0.717) is 17.7 Å². The van der Waals surface area contributed by atoms with E-state index in [9.17, 15) is 4.79 Å². The van der Waals surface area contributed by atoms with Gasteiger partial charge in [0.2, 0.25) is 5.91 Å². The predicted molar refractivity (Wildman–Crippen MR) is 104 cm³/mol. The van der Waals surface area contributed by atoms with Gasteiger partial charge in [0.25, 0.3) is 0 Å². The van der Waals surface area contributed by atoms with Crippen molar-refractivity contribution in [2.24, 2.45) is 5.92 Å². The van der Waals surface area contributed by atoms with Gasteiger partial charge in [-0.15, -0.1) is 0 Å². The second-order valence-electron chi connectivity index (χ2n) is 6.70.